The van der Waals surface area contributed by atoms with Gasteiger partial charge in [0, 0.05) is 11.3 Å². The van der Waals surface area contributed by atoms with Crippen molar-refractivity contribution >= 4 is 34.7 Å². The number of hydrogen-bond donors (Lipinski definition) is 3. The number of halogens is 1. The van der Waals surface area contributed by atoms with Gasteiger partial charge in [0.15, 0.2) is 17.3 Å². The Morgan fingerprint density at radius 1 is 1.25 bits per heavy atom. The van der Waals surface area contributed by atoms with Gasteiger partial charge < -0.3 is 25.2 Å². The van der Waals surface area contributed by atoms with Crippen LogP contribution >= 0.6 is 11.6 Å². The van der Waals surface area contributed by atoms with E-state index < -0.39 is 17.9 Å². The number of ether oxygens (including phenoxy) is 2. The van der Waals surface area contributed by atoms with Gasteiger partial charge in [-0.25, -0.2) is 0 Å². The van der Waals surface area contributed by atoms with E-state index in [0.29, 0.717) is 24.2 Å². The average Bonchev–Trinajstić information content (AvgIpc) is 2.93. The Morgan fingerprint density at radius 3 is 2.66 bits per heavy atom. The van der Waals surface area contributed by atoms with E-state index in [4.69, 9.17) is 21.1 Å². The Balaban J connectivity index is 1.90. The van der Waals surface area contributed by atoms with E-state index in [1.165, 1.54) is 7.11 Å². The highest BCUT2D eigenvalue weighted by molar-refractivity contribution is 6.32. The van der Waals surface area contributed by atoms with Crippen LogP contribution in [0, 0.1) is 11.8 Å². The van der Waals surface area contributed by atoms with Crippen molar-refractivity contribution in [3.8, 4) is 11.5 Å². The smallest absolute Gasteiger partial charge is 0.316 e. The summed E-state index contributed by atoms with van der Waals surface area (Å²) in [6, 6.07) is 10.3. The van der Waals surface area contributed by atoms with Crippen LogP contribution in [0.5, 0.6) is 11.5 Å². The second-order valence-electron chi connectivity index (χ2n) is 7.97. The van der Waals surface area contributed by atoms with E-state index in [1.807, 2.05) is 31.2 Å². The van der Waals surface area contributed by atoms with Gasteiger partial charge in [-0.1, -0.05) is 30.7 Å². The molecule has 8 heteroatoms. The first-order chi connectivity index (χ1) is 15.3. The monoisotopic (exact) mass is 456 g/mol. The number of Topliss-reactive ketones (excluding diaryl/α,β-unsaturated/α-hetero) is 1. The Bertz CT molecular complexity index is 1110. The van der Waals surface area contributed by atoms with Crippen molar-refractivity contribution in [2.75, 3.05) is 24.4 Å². The minimum atomic E-state index is -0.898. The Morgan fingerprint density at radius 2 is 1.97 bits per heavy atom. The molecule has 3 N–H and O–H groups in total. The summed E-state index contributed by atoms with van der Waals surface area (Å²) >= 11 is 6.30. The zero-order valence-corrected chi connectivity index (χ0v) is 18.8. The number of aromatic hydroxyl groups is 1. The third-order valence-electron chi connectivity index (χ3n) is 5.91. The fraction of sp³-hybridized carbons (Fsp3) is 0.333. The third-order valence-corrected chi connectivity index (χ3v) is 6.20. The molecule has 4 rings (SSSR count). The molecule has 2 aromatic rings. The number of allylic oxidation sites excluding steroid dienone is 1. The van der Waals surface area contributed by atoms with E-state index in [0.717, 1.165) is 17.1 Å². The second-order valence-corrected chi connectivity index (χ2v) is 8.38. The molecule has 3 atom stereocenters. The summed E-state index contributed by atoms with van der Waals surface area (Å²) in [4.78, 5) is 26.1. The molecule has 7 nitrogen and oxygen atoms in total. The molecule has 0 aromatic heterocycles. The van der Waals surface area contributed by atoms with E-state index in [2.05, 4.69) is 10.6 Å². The minimum Gasteiger partial charge on any atom is -0.503 e. The third kappa shape index (κ3) is 3.77. The van der Waals surface area contributed by atoms with Gasteiger partial charge in [-0.15, -0.1) is 0 Å². The molecule has 0 radical (unpaired) electrons. The highest BCUT2D eigenvalue weighted by Gasteiger charge is 2.44. The number of rotatable bonds is 4. The van der Waals surface area contributed by atoms with Gasteiger partial charge in [0.1, 0.15) is 5.92 Å². The highest BCUT2D eigenvalue weighted by atomic mass is 35.5. The summed E-state index contributed by atoms with van der Waals surface area (Å²) in [6.07, 6.45) is 0.498. The zero-order chi connectivity index (χ0) is 23.0. The molecule has 2 aliphatic rings. The van der Waals surface area contributed by atoms with Crippen LogP contribution in [-0.4, -0.2) is 30.6 Å². The molecule has 32 heavy (non-hydrogen) atoms. The van der Waals surface area contributed by atoms with Crippen LogP contribution in [0.4, 0.5) is 11.4 Å². The van der Waals surface area contributed by atoms with Crippen LogP contribution in [0.2, 0.25) is 5.02 Å². The maximum atomic E-state index is 13.7. The molecule has 168 valence electrons. The van der Waals surface area contributed by atoms with Crippen LogP contribution in [0.1, 0.15) is 31.9 Å². The molecule has 0 saturated carbocycles. The zero-order valence-electron chi connectivity index (χ0n) is 18.1. The fourth-order valence-corrected chi connectivity index (χ4v) is 4.63. The fourth-order valence-electron chi connectivity index (χ4n) is 4.41. The number of nitrogens with one attached hydrogen (secondary N) is 2. The number of para-hydroxylation sites is 2. The van der Waals surface area contributed by atoms with Crippen molar-refractivity contribution < 1.29 is 24.2 Å². The molecule has 1 aliphatic heterocycles. The first-order valence-electron chi connectivity index (χ1n) is 10.5. The van der Waals surface area contributed by atoms with Gasteiger partial charge in [0.2, 0.25) is 0 Å². The molecule has 0 spiro atoms. The van der Waals surface area contributed by atoms with Crippen molar-refractivity contribution in [3.05, 3.63) is 58.3 Å². The second kappa shape index (κ2) is 8.74. The molecule has 1 aliphatic carbocycles. The van der Waals surface area contributed by atoms with E-state index in [9.17, 15) is 14.7 Å². The topological polar surface area (TPSA) is 96.9 Å². The van der Waals surface area contributed by atoms with Crippen LogP contribution in [0.15, 0.2) is 47.7 Å². The average molecular weight is 457 g/mol. The molecular formula is C24H25ClN2O5. The lowest BCUT2D eigenvalue weighted by molar-refractivity contribution is -0.151. The highest BCUT2D eigenvalue weighted by Crippen LogP contribution is 2.46. The standard InChI is InChI=1S/C24H25ClN2O5/c1-4-32-18-11-13(10-14(25)22(18)28)21-20-17(26-15-7-5-6-8-16(15)27-21)9-12(2)19(23(20)29)24(30)31-3/h5-8,10-12,19,21,26-28H,4,9H2,1-3H3/t12-,19+,21+/m1/s1. The lowest BCUT2D eigenvalue weighted by Crippen LogP contribution is -2.39. The summed E-state index contributed by atoms with van der Waals surface area (Å²) in [5.74, 6) is -1.90. The van der Waals surface area contributed by atoms with Crippen molar-refractivity contribution in [1.29, 1.82) is 0 Å². The molecule has 1 heterocycles. The predicted molar refractivity (Wildman–Crippen MR) is 122 cm³/mol. The summed E-state index contributed by atoms with van der Waals surface area (Å²) in [6.45, 7) is 4.01. The van der Waals surface area contributed by atoms with Crippen molar-refractivity contribution in [2.24, 2.45) is 11.8 Å². The van der Waals surface area contributed by atoms with Crippen LogP contribution in [0.3, 0.4) is 0 Å². The lowest BCUT2D eigenvalue weighted by Gasteiger charge is -2.32. The number of esters is 1. The van der Waals surface area contributed by atoms with E-state index in [-0.39, 0.29) is 28.2 Å². The van der Waals surface area contributed by atoms with Crippen molar-refractivity contribution in [1.82, 2.24) is 0 Å². The number of methoxy groups -OCH3 is 1. The summed E-state index contributed by atoms with van der Waals surface area (Å²) in [5.41, 5.74) is 3.44. The first kappa shape index (κ1) is 22.0. The van der Waals surface area contributed by atoms with Crippen LogP contribution in [0.25, 0.3) is 0 Å². The lowest BCUT2D eigenvalue weighted by atomic mass is 9.75. The number of phenols is 1. The van der Waals surface area contributed by atoms with Gasteiger partial charge in [-0.3, -0.25) is 9.59 Å². The van der Waals surface area contributed by atoms with Crippen LogP contribution < -0.4 is 15.4 Å². The number of carbonyl (C=O) groups excluding carboxylic acids is 2. The number of fused-ring (bicyclic) bond motifs is 1. The Labute approximate surface area is 191 Å². The Hall–Kier alpha value is -3.19. The number of anilines is 2. The van der Waals surface area contributed by atoms with E-state index >= 15 is 0 Å². The Kier molecular flexibility index (Phi) is 6.02. The SMILES string of the molecule is CCOc1cc([C@@H]2Nc3ccccc3NC3=C2C(=O)[C@@H](C(=O)OC)[C@H](C)C3)cc(Cl)c1O. The molecule has 0 fully saturated rings. The van der Waals surface area contributed by atoms with Gasteiger partial charge in [-0.2, -0.15) is 0 Å². The van der Waals surface area contributed by atoms with Crippen molar-refractivity contribution in [2.45, 2.75) is 26.3 Å². The number of carbonyl (C=O) groups is 2. The maximum absolute atomic E-state index is 13.7. The quantitative estimate of drug-likeness (QED) is 0.454. The largest absolute Gasteiger partial charge is 0.503 e. The number of benzene rings is 2. The minimum absolute atomic E-state index is 0.113. The first-order valence-corrected chi connectivity index (χ1v) is 10.9. The summed E-state index contributed by atoms with van der Waals surface area (Å²) in [7, 11) is 1.29. The maximum Gasteiger partial charge on any atom is 0.316 e. The number of ketones is 1. The molecular weight excluding hydrogens is 432 g/mol. The molecule has 0 saturated heterocycles. The molecule has 2 aromatic carbocycles. The number of phenolic OH excluding ortho intramolecular Hbond substituents is 1. The molecule has 0 amide bonds. The van der Waals surface area contributed by atoms with Gasteiger partial charge in [0.05, 0.1) is 36.2 Å². The van der Waals surface area contributed by atoms with E-state index in [1.54, 1.807) is 19.1 Å². The predicted octanol–water partition coefficient (Wildman–Crippen LogP) is 4.68. The molecule has 0 bridgehead atoms. The number of hydrogen-bond acceptors (Lipinski definition) is 7. The van der Waals surface area contributed by atoms with Gasteiger partial charge in [0.25, 0.3) is 0 Å². The van der Waals surface area contributed by atoms with Crippen molar-refractivity contribution in [3.63, 3.8) is 0 Å². The molecule has 0 unspecified atom stereocenters. The van der Waals surface area contributed by atoms with Crippen LogP contribution in [-0.2, 0) is 14.3 Å². The van der Waals surface area contributed by atoms with Gasteiger partial charge in [-0.05, 0) is 49.1 Å². The summed E-state index contributed by atoms with van der Waals surface area (Å²) in [5, 5.41) is 17.2. The normalized spacial score (nSPS) is 22.1. The summed E-state index contributed by atoms with van der Waals surface area (Å²) < 4.78 is 10.5. The van der Waals surface area contributed by atoms with Gasteiger partial charge >= 0.3 is 5.97 Å².